The first-order valence-electron chi connectivity index (χ1n) is 8.96. The van der Waals surface area contributed by atoms with E-state index in [0.29, 0.717) is 16.5 Å². The molecule has 1 atom stereocenters. The fraction of sp³-hybridized carbons (Fsp3) is 0.182. The number of rotatable bonds is 6. The summed E-state index contributed by atoms with van der Waals surface area (Å²) in [6.45, 7) is 1.69. The quantitative estimate of drug-likeness (QED) is 0.438. The molecule has 0 unspecified atom stereocenters. The molecule has 0 aromatic heterocycles. The van der Waals surface area contributed by atoms with E-state index in [1.54, 1.807) is 43.5 Å². The number of fused-ring (bicyclic) bond motifs is 1. The van der Waals surface area contributed by atoms with Gasteiger partial charge in [0.25, 0.3) is 5.91 Å². The van der Waals surface area contributed by atoms with Crippen LogP contribution in [-0.4, -0.2) is 35.3 Å². The highest BCUT2D eigenvalue weighted by Crippen LogP contribution is 2.35. The van der Waals surface area contributed by atoms with Gasteiger partial charge < -0.3 is 25.0 Å². The maximum absolute atomic E-state index is 12.4. The molecule has 150 valence electrons. The Hall–Kier alpha value is -3.74. The van der Waals surface area contributed by atoms with E-state index in [0.717, 1.165) is 11.6 Å². The van der Waals surface area contributed by atoms with Gasteiger partial charge >= 0.3 is 5.97 Å². The predicted molar refractivity (Wildman–Crippen MR) is 107 cm³/mol. The van der Waals surface area contributed by atoms with Gasteiger partial charge in [0.1, 0.15) is 22.8 Å². The molecular formula is C22H21NO6. The highest BCUT2D eigenvalue weighted by Gasteiger charge is 2.23. The molecule has 7 nitrogen and oxygen atoms in total. The van der Waals surface area contributed by atoms with Crippen LogP contribution >= 0.6 is 0 Å². The van der Waals surface area contributed by atoms with Crippen molar-refractivity contribution in [1.29, 1.82) is 0 Å². The van der Waals surface area contributed by atoms with Crippen molar-refractivity contribution in [3.05, 3.63) is 65.7 Å². The van der Waals surface area contributed by atoms with Crippen molar-refractivity contribution in [3.63, 3.8) is 0 Å². The molecule has 0 saturated heterocycles. The summed E-state index contributed by atoms with van der Waals surface area (Å²) in [5.74, 6) is -1.16. The number of phenols is 2. The minimum absolute atomic E-state index is 0.165. The minimum Gasteiger partial charge on any atom is -0.507 e. The third-order valence-corrected chi connectivity index (χ3v) is 4.49. The number of benzene rings is 3. The maximum atomic E-state index is 12.4. The van der Waals surface area contributed by atoms with Crippen molar-refractivity contribution < 1.29 is 29.3 Å². The molecule has 0 bridgehead atoms. The molecule has 0 aliphatic heterocycles. The average Bonchev–Trinajstić information content (AvgIpc) is 2.74. The van der Waals surface area contributed by atoms with E-state index in [9.17, 15) is 19.8 Å². The first kappa shape index (κ1) is 20.0. The van der Waals surface area contributed by atoms with Crippen LogP contribution in [-0.2, 0) is 16.1 Å². The number of phenolic OH excluding ortho intramolecular Hbond substituents is 2. The number of carbonyl (C=O) groups is 2. The number of ether oxygens (including phenoxy) is 2. The average molecular weight is 395 g/mol. The third-order valence-electron chi connectivity index (χ3n) is 4.49. The van der Waals surface area contributed by atoms with Gasteiger partial charge in [0.05, 0.1) is 7.11 Å². The van der Waals surface area contributed by atoms with E-state index < -0.39 is 18.0 Å². The Kier molecular flexibility index (Phi) is 5.87. The van der Waals surface area contributed by atoms with Crippen LogP contribution in [0.3, 0.4) is 0 Å². The Labute approximate surface area is 167 Å². The Morgan fingerprint density at radius 2 is 1.69 bits per heavy atom. The lowest BCUT2D eigenvalue weighted by Crippen LogP contribution is -2.35. The summed E-state index contributed by atoms with van der Waals surface area (Å²) in [7, 11) is 1.57. The molecule has 0 fully saturated rings. The summed E-state index contributed by atoms with van der Waals surface area (Å²) in [4.78, 5) is 24.7. The molecule has 0 saturated carbocycles. The lowest BCUT2D eigenvalue weighted by atomic mass is 10.0. The standard InChI is InChI=1S/C22H21NO6/c1-13(21(26)23-12-14-7-9-15(28-2)10-8-14)29-22(27)18-11-19(24)16-5-3-4-6-17(16)20(18)25/h3-11,13,24-25H,12H2,1-2H3,(H,23,26)/t13-/m0/s1. The molecule has 0 heterocycles. The Morgan fingerprint density at radius 1 is 1.03 bits per heavy atom. The van der Waals surface area contributed by atoms with Gasteiger partial charge in [-0.05, 0) is 30.7 Å². The molecule has 3 rings (SSSR count). The van der Waals surface area contributed by atoms with E-state index in [2.05, 4.69) is 5.32 Å². The summed E-state index contributed by atoms with van der Waals surface area (Å²) >= 11 is 0. The molecular weight excluding hydrogens is 374 g/mol. The molecule has 1 amide bonds. The van der Waals surface area contributed by atoms with E-state index in [1.807, 2.05) is 12.1 Å². The van der Waals surface area contributed by atoms with Crippen LogP contribution in [0.25, 0.3) is 10.8 Å². The number of esters is 1. The van der Waals surface area contributed by atoms with Crippen molar-refractivity contribution in [2.24, 2.45) is 0 Å². The highest BCUT2D eigenvalue weighted by molar-refractivity contribution is 6.04. The Morgan fingerprint density at radius 3 is 2.34 bits per heavy atom. The van der Waals surface area contributed by atoms with Gasteiger partial charge in [-0.3, -0.25) is 4.79 Å². The molecule has 3 N–H and O–H groups in total. The van der Waals surface area contributed by atoms with Gasteiger partial charge in [-0.15, -0.1) is 0 Å². The van der Waals surface area contributed by atoms with Crippen LogP contribution in [0.4, 0.5) is 0 Å². The summed E-state index contributed by atoms with van der Waals surface area (Å²) < 4.78 is 10.2. The number of methoxy groups -OCH3 is 1. The summed E-state index contributed by atoms with van der Waals surface area (Å²) in [5, 5.41) is 23.9. The normalized spacial score (nSPS) is 11.7. The SMILES string of the molecule is COc1ccc(CNC(=O)[C@H](C)OC(=O)c2cc(O)c3ccccc3c2O)cc1. The summed E-state index contributed by atoms with van der Waals surface area (Å²) in [6, 6.07) is 14.9. The van der Waals surface area contributed by atoms with E-state index in [4.69, 9.17) is 9.47 Å². The highest BCUT2D eigenvalue weighted by atomic mass is 16.5. The molecule has 3 aromatic rings. The second-order valence-corrected chi connectivity index (χ2v) is 6.45. The topological polar surface area (TPSA) is 105 Å². The second-order valence-electron chi connectivity index (χ2n) is 6.45. The van der Waals surface area contributed by atoms with Crippen LogP contribution in [0.2, 0.25) is 0 Å². The molecule has 0 spiro atoms. The van der Waals surface area contributed by atoms with E-state index in [1.165, 1.54) is 6.92 Å². The van der Waals surface area contributed by atoms with Gasteiger partial charge in [0.2, 0.25) is 0 Å². The fourth-order valence-electron chi connectivity index (χ4n) is 2.85. The number of hydrogen-bond donors (Lipinski definition) is 3. The summed E-state index contributed by atoms with van der Waals surface area (Å²) in [5.41, 5.74) is 0.644. The second kappa shape index (κ2) is 8.52. The molecule has 0 aliphatic rings. The van der Waals surface area contributed by atoms with Crippen molar-refractivity contribution in [2.75, 3.05) is 7.11 Å². The Bertz CT molecular complexity index is 1050. The lowest BCUT2D eigenvalue weighted by molar-refractivity contribution is -0.129. The first-order chi connectivity index (χ1) is 13.9. The molecule has 7 heteroatoms. The minimum atomic E-state index is -1.09. The Balaban J connectivity index is 1.66. The zero-order valence-corrected chi connectivity index (χ0v) is 16.0. The van der Waals surface area contributed by atoms with Crippen molar-refractivity contribution in [1.82, 2.24) is 5.32 Å². The first-order valence-corrected chi connectivity index (χ1v) is 8.96. The molecule has 0 radical (unpaired) electrons. The number of aromatic hydroxyl groups is 2. The van der Waals surface area contributed by atoms with Crippen LogP contribution < -0.4 is 10.1 Å². The zero-order chi connectivity index (χ0) is 21.0. The molecule has 0 aliphatic carbocycles. The number of hydrogen-bond acceptors (Lipinski definition) is 6. The zero-order valence-electron chi connectivity index (χ0n) is 16.0. The number of amides is 1. The van der Waals surface area contributed by atoms with Crippen LogP contribution in [0.1, 0.15) is 22.8 Å². The largest absolute Gasteiger partial charge is 0.507 e. The van der Waals surface area contributed by atoms with Crippen molar-refractivity contribution in [2.45, 2.75) is 19.6 Å². The smallest absolute Gasteiger partial charge is 0.342 e. The van der Waals surface area contributed by atoms with E-state index in [-0.39, 0.29) is 23.6 Å². The molecule has 29 heavy (non-hydrogen) atoms. The number of carbonyl (C=O) groups excluding carboxylic acids is 2. The van der Waals surface area contributed by atoms with Gasteiger partial charge in [0.15, 0.2) is 6.10 Å². The van der Waals surface area contributed by atoms with Crippen LogP contribution in [0.15, 0.2) is 54.6 Å². The van der Waals surface area contributed by atoms with Crippen molar-refractivity contribution in [3.8, 4) is 17.2 Å². The predicted octanol–water partition coefficient (Wildman–Crippen LogP) is 3.12. The maximum Gasteiger partial charge on any atom is 0.342 e. The monoisotopic (exact) mass is 395 g/mol. The van der Waals surface area contributed by atoms with E-state index >= 15 is 0 Å². The van der Waals surface area contributed by atoms with Crippen molar-refractivity contribution >= 4 is 22.6 Å². The van der Waals surface area contributed by atoms with Crippen LogP contribution in [0, 0.1) is 0 Å². The van der Waals surface area contributed by atoms with Gasteiger partial charge in [-0.2, -0.15) is 0 Å². The van der Waals surface area contributed by atoms with Crippen LogP contribution in [0.5, 0.6) is 17.2 Å². The van der Waals surface area contributed by atoms with Gasteiger partial charge in [-0.25, -0.2) is 4.79 Å². The third kappa shape index (κ3) is 4.40. The summed E-state index contributed by atoms with van der Waals surface area (Å²) in [6.07, 6.45) is -1.09. The number of nitrogens with one attached hydrogen (secondary N) is 1. The fourth-order valence-corrected chi connectivity index (χ4v) is 2.85. The lowest BCUT2D eigenvalue weighted by Gasteiger charge is -2.15. The van der Waals surface area contributed by atoms with Gasteiger partial charge in [0, 0.05) is 17.3 Å². The molecule has 3 aromatic carbocycles. The van der Waals surface area contributed by atoms with Gasteiger partial charge in [-0.1, -0.05) is 36.4 Å².